The lowest BCUT2D eigenvalue weighted by Gasteiger charge is -2.31. The second-order valence-electron chi connectivity index (χ2n) is 8.86. The standard InChI is InChI=1S/C26H30N2O3/c1-17(2)22-15-23-20(14-25(29)31-24(23)13-18(22)3)16-28-11-9-19(10-12-28)26(30)27-21-7-5-4-6-8-21/h4-8,13-15,17,19H,9-12,16H2,1-3H3,(H,27,30). The Morgan fingerprint density at radius 1 is 1.13 bits per heavy atom. The van der Waals surface area contributed by atoms with Crippen LogP contribution in [0.4, 0.5) is 5.69 Å². The zero-order chi connectivity index (χ0) is 22.0. The first-order valence-corrected chi connectivity index (χ1v) is 11.1. The molecule has 0 bridgehead atoms. The van der Waals surface area contributed by atoms with Crippen LogP contribution in [0.3, 0.4) is 0 Å². The molecule has 0 spiro atoms. The lowest BCUT2D eigenvalue weighted by atomic mass is 9.93. The summed E-state index contributed by atoms with van der Waals surface area (Å²) in [5.74, 6) is 0.515. The highest BCUT2D eigenvalue weighted by molar-refractivity contribution is 5.92. The molecular weight excluding hydrogens is 388 g/mol. The van der Waals surface area contributed by atoms with Gasteiger partial charge in [-0.1, -0.05) is 32.0 Å². The van der Waals surface area contributed by atoms with E-state index >= 15 is 0 Å². The fourth-order valence-electron chi connectivity index (χ4n) is 4.50. The maximum atomic E-state index is 12.6. The van der Waals surface area contributed by atoms with Crippen LogP contribution in [0.1, 0.15) is 49.3 Å². The van der Waals surface area contributed by atoms with Gasteiger partial charge < -0.3 is 9.73 Å². The topological polar surface area (TPSA) is 62.6 Å². The number of amides is 1. The first-order chi connectivity index (χ1) is 14.9. The third-order valence-corrected chi connectivity index (χ3v) is 6.23. The quantitative estimate of drug-likeness (QED) is 0.587. The molecule has 2 aromatic carbocycles. The van der Waals surface area contributed by atoms with Crippen molar-refractivity contribution >= 4 is 22.6 Å². The normalized spacial score (nSPS) is 15.5. The van der Waals surface area contributed by atoms with E-state index < -0.39 is 0 Å². The summed E-state index contributed by atoms with van der Waals surface area (Å²) < 4.78 is 5.49. The van der Waals surface area contributed by atoms with E-state index in [4.69, 9.17) is 4.42 Å². The molecule has 1 amide bonds. The van der Waals surface area contributed by atoms with Crippen LogP contribution in [0.5, 0.6) is 0 Å². The van der Waals surface area contributed by atoms with Gasteiger partial charge in [0.1, 0.15) is 5.58 Å². The molecule has 2 heterocycles. The number of aryl methyl sites for hydroxylation is 1. The Morgan fingerprint density at radius 2 is 1.84 bits per heavy atom. The van der Waals surface area contributed by atoms with E-state index in [0.717, 1.165) is 48.1 Å². The Kier molecular flexibility index (Phi) is 6.23. The second-order valence-corrected chi connectivity index (χ2v) is 8.86. The number of nitrogens with zero attached hydrogens (tertiary/aromatic N) is 1. The molecular formula is C26H30N2O3. The molecule has 1 saturated heterocycles. The van der Waals surface area contributed by atoms with Crippen LogP contribution < -0.4 is 10.9 Å². The van der Waals surface area contributed by atoms with Gasteiger partial charge in [-0.2, -0.15) is 0 Å². The Bertz CT molecular complexity index is 1130. The molecule has 1 fully saturated rings. The van der Waals surface area contributed by atoms with Crippen molar-refractivity contribution in [2.24, 2.45) is 5.92 Å². The van der Waals surface area contributed by atoms with Gasteiger partial charge in [-0.15, -0.1) is 0 Å². The van der Waals surface area contributed by atoms with Crippen LogP contribution in [-0.4, -0.2) is 23.9 Å². The zero-order valence-electron chi connectivity index (χ0n) is 18.5. The summed E-state index contributed by atoms with van der Waals surface area (Å²) in [7, 11) is 0. The largest absolute Gasteiger partial charge is 0.423 e. The minimum atomic E-state index is -0.309. The smallest absolute Gasteiger partial charge is 0.336 e. The fourth-order valence-corrected chi connectivity index (χ4v) is 4.50. The van der Waals surface area contributed by atoms with E-state index in [1.807, 2.05) is 36.4 Å². The van der Waals surface area contributed by atoms with Gasteiger partial charge in [-0.05, 0) is 79.7 Å². The number of fused-ring (bicyclic) bond motifs is 1. The first-order valence-electron chi connectivity index (χ1n) is 11.1. The second kappa shape index (κ2) is 9.06. The van der Waals surface area contributed by atoms with Crippen LogP contribution in [0.15, 0.2) is 57.7 Å². The van der Waals surface area contributed by atoms with Gasteiger partial charge in [0.05, 0.1) is 0 Å². The fraction of sp³-hybridized carbons (Fsp3) is 0.385. The summed E-state index contributed by atoms with van der Waals surface area (Å²) in [6, 6.07) is 15.4. The molecule has 1 aliphatic heterocycles. The van der Waals surface area contributed by atoms with Crippen molar-refractivity contribution in [1.29, 1.82) is 0 Å². The van der Waals surface area contributed by atoms with Crippen molar-refractivity contribution in [3.8, 4) is 0 Å². The molecule has 5 nitrogen and oxygen atoms in total. The SMILES string of the molecule is Cc1cc2oc(=O)cc(CN3CCC(C(=O)Nc4ccccc4)CC3)c2cc1C(C)C. The minimum Gasteiger partial charge on any atom is -0.423 e. The average Bonchev–Trinajstić information content (AvgIpc) is 2.74. The number of para-hydroxylation sites is 1. The average molecular weight is 419 g/mol. The number of benzene rings is 2. The van der Waals surface area contributed by atoms with Crippen LogP contribution in [-0.2, 0) is 11.3 Å². The number of piperidine rings is 1. The molecule has 0 unspecified atom stereocenters. The van der Waals surface area contributed by atoms with Gasteiger partial charge in [0.15, 0.2) is 0 Å². The summed E-state index contributed by atoms with van der Waals surface area (Å²) in [5, 5.41) is 4.03. The number of hydrogen-bond donors (Lipinski definition) is 1. The molecule has 1 N–H and O–H groups in total. The number of carbonyl (C=O) groups excluding carboxylic acids is 1. The highest BCUT2D eigenvalue weighted by Crippen LogP contribution is 2.28. The van der Waals surface area contributed by atoms with E-state index in [9.17, 15) is 9.59 Å². The Balaban J connectivity index is 1.46. The van der Waals surface area contributed by atoms with Gasteiger partial charge in [-0.25, -0.2) is 4.79 Å². The number of likely N-dealkylation sites (tertiary alicyclic amines) is 1. The summed E-state index contributed by atoms with van der Waals surface area (Å²) in [6.07, 6.45) is 1.63. The van der Waals surface area contributed by atoms with Crippen molar-refractivity contribution in [2.45, 2.75) is 46.1 Å². The summed E-state index contributed by atoms with van der Waals surface area (Å²) in [4.78, 5) is 27.1. The third-order valence-electron chi connectivity index (χ3n) is 6.23. The molecule has 0 aliphatic carbocycles. The Labute approximate surface area is 183 Å². The number of nitrogens with one attached hydrogen (secondary N) is 1. The number of anilines is 1. The van der Waals surface area contributed by atoms with Crippen LogP contribution >= 0.6 is 0 Å². The summed E-state index contributed by atoms with van der Waals surface area (Å²) in [6.45, 7) is 8.77. The molecule has 31 heavy (non-hydrogen) atoms. The van der Waals surface area contributed by atoms with Crippen LogP contribution in [0.25, 0.3) is 11.0 Å². The molecule has 0 saturated carbocycles. The van der Waals surface area contributed by atoms with Gasteiger partial charge >= 0.3 is 5.63 Å². The molecule has 4 rings (SSSR count). The van der Waals surface area contributed by atoms with E-state index in [1.54, 1.807) is 6.07 Å². The third kappa shape index (κ3) is 4.88. The molecule has 1 aliphatic rings. The molecule has 5 heteroatoms. The molecule has 162 valence electrons. The van der Waals surface area contributed by atoms with E-state index in [0.29, 0.717) is 18.0 Å². The van der Waals surface area contributed by atoms with Crippen molar-refractivity contribution in [3.63, 3.8) is 0 Å². The van der Waals surface area contributed by atoms with Crippen molar-refractivity contribution < 1.29 is 9.21 Å². The predicted octanol–water partition coefficient (Wildman–Crippen LogP) is 5.08. The molecule has 0 radical (unpaired) electrons. The highest BCUT2D eigenvalue weighted by Gasteiger charge is 2.25. The van der Waals surface area contributed by atoms with Gasteiger partial charge in [0, 0.05) is 29.6 Å². The van der Waals surface area contributed by atoms with Gasteiger partial charge in [0.25, 0.3) is 0 Å². The predicted molar refractivity (Wildman–Crippen MR) is 124 cm³/mol. The Hall–Kier alpha value is -2.92. The van der Waals surface area contributed by atoms with E-state index in [2.05, 4.69) is 37.1 Å². The maximum absolute atomic E-state index is 12.6. The monoisotopic (exact) mass is 418 g/mol. The Morgan fingerprint density at radius 3 is 2.52 bits per heavy atom. The van der Waals surface area contributed by atoms with Crippen molar-refractivity contribution in [1.82, 2.24) is 4.90 Å². The van der Waals surface area contributed by atoms with Crippen molar-refractivity contribution in [3.05, 3.63) is 75.6 Å². The van der Waals surface area contributed by atoms with Crippen LogP contribution in [0.2, 0.25) is 0 Å². The molecule has 3 aromatic rings. The number of rotatable bonds is 5. The maximum Gasteiger partial charge on any atom is 0.336 e. The summed E-state index contributed by atoms with van der Waals surface area (Å²) >= 11 is 0. The molecule has 0 atom stereocenters. The minimum absolute atomic E-state index is 0.0178. The van der Waals surface area contributed by atoms with E-state index in [1.165, 1.54) is 5.56 Å². The van der Waals surface area contributed by atoms with Gasteiger partial charge in [-0.3, -0.25) is 9.69 Å². The number of hydrogen-bond acceptors (Lipinski definition) is 4. The first kappa shape index (κ1) is 21.3. The number of carbonyl (C=O) groups is 1. The van der Waals surface area contributed by atoms with Crippen LogP contribution in [0, 0.1) is 12.8 Å². The highest BCUT2D eigenvalue weighted by atomic mass is 16.4. The van der Waals surface area contributed by atoms with E-state index in [-0.39, 0.29) is 17.5 Å². The molecule has 1 aromatic heterocycles. The summed E-state index contributed by atoms with van der Waals surface area (Å²) in [5.41, 5.74) is 4.61. The lowest BCUT2D eigenvalue weighted by Crippen LogP contribution is -2.37. The van der Waals surface area contributed by atoms with Crippen molar-refractivity contribution in [2.75, 3.05) is 18.4 Å². The lowest BCUT2D eigenvalue weighted by molar-refractivity contribution is -0.121. The zero-order valence-corrected chi connectivity index (χ0v) is 18.5. The van der Waals surface area contributed by atoms with Gasteiger partial charge in [0.2, 0.25) is 5.91 Å².